The van der Waals surface area contributed by atoms with Crippen LogP contribution in [0.5, 0.6) is 0 Å². The number of carbonyl (C=O) groups is 1. The van der Waals surface area contributed by atoms with Gasteiger partial charge in [0.1, 0.15) is 12.3 Å². The third-order valence-electron chi connectivity index (χ3n) is 2.16. The van der Waals surface area contributed by atoms with E-state index in [4.69, 9.17) is 4.74 Å². The van der Waals surface area contributed by atoms with Gasteiger partial charge >= 0.3 is 5.97 Å². The topological polar surface area (TPSA) is 44.1 Å². The highest BCUT2D eigenvalue weighted by Gasteiger charge is 2.01. The number of carbonyl (C=O) groups excluding carboxylic acids is 1. The number of hydrogen-bond acceptors (Lipinski definition) is 3. The molecule has 15 heavy (non-hydrogen) atoms. The molecule has 0 aliphatic rings. The molecule has 0 bridgehead atoms. The van der Waals surface area contributed by atoms with Crippen molar-refractivity contribution < 1.29 is 9.53 Å². The molecule has 2 heterocycles. The maximum Gasteiger partial charge on any atom is 0.302 e. The van der Waals surface area contributed by atoms with Crippen molar-refractivity contribution in [2.75, 3.05) is 6.61 Å². The summed E-state index contributed by atoms with van der Waals surface area (Å²) in [6.07, 6.45) is 3.70. The van der Waals surface area contributed by atoms with Gasteiger partial charge in [-0.25, -0.2) is 4.98 Å². The summed E-state index contributed by atoms with van der Waals surface area (Å²) in [6, 6.07) is 5.90. The highest BCUT2D eigenvalue weighted by molar-refractivity contribution is 5.75. The van der Waals surface area contributed by atoms with E-state index in [1.165, 1.54) is 6.92 Å². The number of rotatable bonds is 3. The van der Waals surface area contributed by atoms with Crippen LogP contribution in [-0.2, 0) is 16.1 Å². The first-order chi connectivity index (χ1) is 7.27. The second-order valence-corrected chi connectivity index (χ2v) is 3.27. The Labute approximate surface area is 87.5 Å². The molecular formula is C11H12N2O2. The predicted molar refractivity (Wildman–Crippen MR) is 56.4 cm³/mol. The third kappa shape index (κ3) is 2.15. The molecule has 2 rings (SSSR count). The third-order valence-corrected chi connectivity index (χ3v) is 2.16. The Morgan fingerprint density at radius 2 is 2.40 bits per heavy atom. The van der Waals surface area contributed by atoms with Crippen LogP contribution in [0.15, 0.2) is 30.6 Å². The van der Waals surface area contributed by atoms with Crippen LogP contribution in [-0.4, -0.2) is 22.1 Å². The fourth-order valence-corrected chi connectivity index (χ4v) is 1.49. The van der Waals surface area contributed by atoms with E-state index in [0.29, 0.717) is 13.2 Å². The summed E-state index contributed by atoms with van der Waals surface area (Å²) >= 11 is 0. The Morgan fingerprint density at radius 1 is 1.53 bits per heavy atom. The van der Waals surface area contributed by atoms with Gasteiger partial charge in [-0.2, -0.15) is 0 Å². The Balaban J connectivity index is 2.11. The second-order valence-electron chi connectivity index (χ2n) is 3.27. The van der Waals surface area contributed by atoms with Gasteiger partial charge in [0.25, 0.3) is 0 Å². The smallest absolute Gasteiger partial charge is 0.302 e. The van der Waals surface area contributed by atoms with Crippen molar-refractivity contribution in [3.63, 3.8) is 0 Å². The number of hydrogen-bond donors (Lipinski definition) is 0. The molecule has 0 amide bonds. The van der Waals surface area contributed by atoms with Crippen LogP contribution in [0.2, 0.25) is 0 Å². The van der Waals surface area contributed by atoms with Gasteiger partial charge in [-0.05, 0) is 18.2 Å². The molecule has 0 aromatic carbocycles. The highest BCUT2D eigenvalue weighted by Crippen LogP contribution is 2.11. The van der Waals surface area contributed by atoms with E-state index in [-0.39, 0.29) is 5.97 Å². The quantitative estimate of drug-likeness (QED) is 0.713. The zero-order valence-corrected chi connectivity index (χ0v) is 8.51. The zero-order valence-electron chi connectivity index (χ0n) is 8.51. The van der Waals surface area contributed by atoms with Crippen molar-refractivity contribution in [2.45, 2.75) is 13.5 Å². The van der Waals surface area contributed by atoms with Crippen molar-refractivity contribution in [2.24, 2.45) is 0 Å². The number of ether oxygens (including phenoxy) is 1. The van der Waals surface area contributed by atoms with E-state index in [1.54, 1.807) is 6.20 Å². The minimum atomic E-state index is -0.251. The van der Waals surface area contributed by atoms with E-state index in [2.05, 4.69) is 4.98 Å². The van der Waals surface area contributed by atoms with Crippen LogP contribution >= 0.6 is 0 Å². The lowest BCUT2D eigenvalue weighted by Gasteiger charge is -2.04. The molecule has 78 valence electrons. The van der Waals surface area contributed by atoms with E-state index < -0.39 is 0 Å². The normalized spacial score (nSPS) is 10.5. The highest BCUT2D eigenvalue weighted by atomic mass is 16.5. The first-order valence-corrected chi connectivity index (χ1v) is 4.80. The van der Waals surface area contributed by atoms with Crippen molar-refractivity contribution in [1.29, 1.82) is 0 Å². The molecule has 0 N–H and O–H groups in total. The summed E-state index contributed by atoms with van der Waals surface area (Å²) in [5, 5.41) is 1.10. The van der Waals surface area contributed by atoms with Gasteiger partial charge in [-0.1, -0.05) is 0 Å². The van der Waals surface area contributed by atoms with Crippen LogP contribution in [0.3, 0.4) is 0 Å². The molecule has 0 radical (unpaired) electrons. The largest absolute Gasteiger partial charge is 0.464 e. The molecule has 4 heteroatoms. The van der Waals surface area contributed by atoms with Gasteiger partial charge in [0.2, 0.25) is 0 Å². The van der Waals surface area contributed by atoms with Crippen molar-refractivity contribution >= 4 is 17.0 Å². The Kier molecular flexibility index (Phi) is 2.67. The lowest BCUT2D eigenvalue weighted by molar-refractivity contribution is -0.141. The summed E-state index contributed by atoms with van der Waals surface area (Å²) in [7, 11) is 0. The van der Waals surface area contributed by atoms with Gasteiger partial charge < -0.3 is 9.30 Å². The molecular weight excluding hydrogens is 192 g/mol. The first kappa shape index (κ1) is 9.71. The molecule has 0 aliphatic heterocycles. The average molecular weight is 204 g/mol. The van der Waals surface area contributed by atoms with Crippen LogP contribution < -0.4 is 0 Å². The minimum Gasteiger partial charge on any atom is -0.464 e. The van der Waals surface area contributed by atoms with E-state index >= 15 is 0 Å². The summed E-state index contributed by atoms with van der Waals surface area (Å²) in [5.41, 5.74) is 0.921. The van der Waals surface area contributed by atoms with Crippen molar-refractivity contribution in [3.8, 4) is 0 Å². The lowest BCUT2D eigenvalue weighted by atomic mass is 10.3. The lowest BCUT2D eigenvalue weighted by Crippen LogP contribution is -2.08. The molecule has 0 fully saturated rings. The number of esters is 1. The standard InChI is InChI=1S/C11H12N2O2/c1-9(14)15-8-7-13-6-4-10-3-2-5-12-11(10)13/h2-6H,7-8H2,1H3. The SMILES string of the molecule is CC(=O)OCCn1ccc2cccnc21. The van der Waals surface area contributed by atoms with Crippen LogP contribution in [0.25, 0.3) is 11.0 Å². The van der Waals surface area contributed by atoms with Crippen LogP contribution in [0.1, 0.15) is 6.92 Å². The second kappa shape index (κ2) is 4.13. The molecule has 0 saturated carbocycles. The first-order valence-electron chi connectivity index (χ1n) is 4.80. The molecule has 4 nitrogen and oxygen atoms in total. The number of fused-ring (bicyclic) bond motifs is 1. The van der Waals surface area contributed by atoms with E-state index in [1.807, 2.05) is 29.0 Å². The van der Waals surface area contributed by atoms with Crippen LogP contribution in [0.4, 0.5) is 0 Å². The van der Waals surface area contributed by atoms with Gasteiger partial charge in [0, 0.05) is 24.7 Å². The van der Waals surface area contributed by atoms with E-state index in [9.17, 15) is 4.79 Å². The number of pyridine rings is 1. The molecule has 0 atom stereocenters. The molecule has 0 spiro atoms. The Morgan fingerprint density at radius 3 is 3.20 bits per heavy atom. The van der Waals surface area contributed by atoms with Gasteiger partial charge in [-0.15, -0.1) is 0 Å². The van der Waals surface area contributed by atoms with Crippen molar-refractivity contribution in [3.05, 3.63) is 30.6 Å². The fourth-order valence-electron chi connectivity index (χ4n) is 1.49. The minimum absolute atomic E-state index is 0.251. The number of nitrogens with zero attached hydrogens (tertiary/aromatic N) is 2. The van der Waals surface area contributed by atoms with Gasteiger partial charge in [-0.3, -0.25) is 4.79 Å². The maximum atomic E-state index is 10.6. The Bertz CT molecular complexity index is 476. The molecule has 0 saturated heterocycles. The summed E-state index contributed by atoms with van der Waals surface area (Å²) in [6.45, 7) is 2.43. The van der Waals surface area contributed by atoms with Crippen LogP contribution in [0, 0.1) is 0 Å². The van der Waals surface area contributed by atoms with Gasteiger partial charge in [0.15, 0.2) is 0 Å². The summed E-state index contributed by atoms with van der Waals surface area (Å²) < 4.78 is 6.85. The zero-order chi connectivity index (χ0) is 10.7. The van der Waals surface area contributed by atoms with Gasteiger partial charge in [0.05, 0.1) is 6.54 Å². The maximum absolute atomic E-state index is 10.6. The molecule has 2 aromatic rings. The monoisotopic (exact) mass is 204 g/mol. The molecule has 2 aromatic heterocycles. The summed E-state index contributed by atoms with van der Waals surface area (Å²) in [4.78, 5) is 14.9. The number of aromatic nitrogens is 2. The molecule has 0 unspecified atom stereocenters. The summed E-state index contributed by atoms with van der Waals surface area (Å²) in [5.74, 6) is -0.251. The average Bonchev–Trinajstić information content (AvgIpc) is 2.62. The van der Waals surface area contributed by atoms with Crippen molar-refractivity contribution in [1.82, 2.24) is 9.55 Å². The Hall–Kier alpha value is -1.84. The fraction of sp³-hybridized carbons (Fsp3) is 0.273. The predicted octanol–water partition coefficient (Wildman–Crippen LogP) is 1.60. The van der Waals surface area contributed by atoms with E-state index in [0.717, 1.165) is 11.0 Å². The molecule has 0 aliphatic carbocycles.